The van der Waals surface area contributed by atoms with E-state index in [1.807, 2.05) is 0 Å². The van der Waals surface area contributed by atoms with E-state index < -0.39 is 22.8 Å². The third-order valence-corrected chi connectivity index (χ3v) is 6.84. The van der Waals surface area contributed by atoms with E-state index in [0.29, 0.717) is 17.8 Å². The minimum Gasteiger partial charge on any atom is -0.335 e. The van der Waals surface area contributed by atoms with Gasteiger partial charge in [0, 0.05) is 19.6 Å². The third-order valence-electron chi connectivity index (χ3n) is 6.48. The first kappa shape index (κ1) is 17.2. The largest absolute Gasteiger partial charge is 0.436 e. The smallest absolute Gasteiger partial charge is 0.335 e. The van der Waals surface area contributed by atoms with Crippen molar-refractivity contribution >= 4 is 17.5 Å². The van der Waals surface area contributed by atoms with E-state index in [-0.39, 0.29) is 11.2 Å². The summed E-state index contributed by atoms with van der Waals surface area (Å²) in [4.78, 5) is 14.7. The van der Waals surface area contributed by atoms with Crippen LogP contribution in [0.1, 0.15) is 54.7 Å². The number of carbonyl (C=O) groups is 1. The predicted molar refractivity (Wildman–Crippen MR) is 86.2 cm³/mol. The average molecular weight is 376 g/mol. The molecule has 0 saturated heterocycles. The molecule has 8 heteroatoms. The molecule has 4 bridgehead atoms. The molecule has 4 aliphatic rings. The molecule has 1 heterocycles. The molecule has 1 aromatic rings. The SMILES string of the molecule is CN(C(=O)c1c(Cl)c(C(F)(F)F)nn1C)C12CC3CC(CC(C3)C1)C2. The zero-order valence-corrected chi connectivity index (χ0v) is 15.0. The van der Waals surface area contributed by atoms with E-state index >= 15 is 0 Å². The summed E-state index contributed by atoms with van der Waals surface area (Å²) in [5.41, 5.74) is -1.61. The minimum absolute atomic E-state index is 0.174. The number of rotatable bonds is 2. The van der Waals surface area contributed by atoms with Crippen molar-refractivity contribution in [3.05, 3.63) is 16.4 Å². The van der Waals surface area contributed by atoms with Gasteiger partial charge in [-0.3, -0.25) is 9.48 Å². The summed E-state index contributed by atoms with van der Waals surface area (Å²) in [6.07, 6.45) is 1.85. The van der Waals surface area contributed by atoms with Gasteiger partial charge < -0.3 is 4.90 Å². The Morgan fingerprint density at radius 1 is 1.20 bits per heavy atom. The molecular formula is C17H21ClF3N3O. The first-order chi connectivity index (χ1) is 11.6. The fraction of sp³-hybridized carbons (Fsp3) is 0.765. The Hall–Kier alpha value is -1.24. The number of nitrogens with zero attached hydrogens (tertiary/aromatic N) is 3. The molecule has 1 aromatic heterocycles. The lowest BCUT2D eigenvalue weighted by Gasteiger charge is -2.59. The molecule has 0 atom stereocenters. The maximum absolute atomic E-state index is 13.1. The van der Waals surface area contributed by atoms with Crippen LogP contribution in [-0.4, -0.2) is 33.2 Å². The van der Waals surface area contributed by atoms with Gasteiger partial charge in [0.05, 0.1) is 0 Å². The molecular weight excluding hydrogens is 355 g/mol. The number of carbonyl (C=O) groups excluding carboxylic acids is 1. The van der Waals surface area contributed by atoms with E-state index in [2.05, 4.69) is 5.10 Å². The van der Waals surface area contributed by atoms with Gasteiger partial charge in [0.25, 0.3) is 5.91 Å². The molecule has 0 aromatic carbocycles. The highest BCUT2D eigenvalue weighted by Gasteiger charge is 2.54. The first-order valence-electron chi connectivity index (χ1n) is 8.68. The monoisotopic (exact) mass is 375 g/mol. The fourth-order valence-corrected chi connectivity index (χ4v) is 6.11. The van der Waals surface area contributed by atoms with Gasteiger partial charge in [0.2, 0.25) is 0 Å². The maximum atomic E-state index is 13.1. The van der Waals surface area contributed by atoms with Crippen molar-refractivity contribution < 1.29 is 18.0 Å². The molecule has 0 radical (unpaired) electrons. The molecule has 4 nitrogen and oxygen atoms in total. The molecule has 4 saturated carbocycles. The summed E-state index contributed by atoms with van der Waals surface area (Å²) < 4.78 is 40.1. The molecule has 5 rings (SSSR count). The summed E-state index contributed by atoms with van der Waals surface area (Å²) in [6.45, 7) is 0. The number of aromatic nitrogens is 2. The lowest BCUT2D eigenvalue weighted by Crippen LogP contribution is -2.60. The van der Waals surface area contributed by atoms with Gasteiger partial charge in [-0.25, -0.2) is 0 Å². The van der Waals surface area contributed by atoms with E-state index in [0.717, 1.165) is 23.9 Å². The van der Waals surface area contributed by atoms with Crippen LogP contribution >= 0.6 is 11.6 Å². The van der Waals surface area contributed by atoms with Crippen LogP contribution in [0.3, 0.4) is 0 Å². The van der Waals surface area contributed by atoms with Gasteiger partial charge in [0.15, 0.2) is 5.69 Å². The third kappa shape index (κ3) is 2.57. The lowest BCUT2D eigenvalue weighted by atomic mass is 9.52. The van der Waals surface area contributed by atoms with Crippen LogP contribution < -0.4 is 0 Å². The number of alkyl halides is 3. The highest BCUT2D eigenvalue weighted by molar-refractivity contribution is 6.34. The van der Waals surface area contributed by atoms with Crippen molar-refractivity contribution in [3.8, 4) is 0 Å². The van der Waals surface area contributed by atoms with Crippen LogP contribution in [0.4, 0.5) is 13.2 Å². The van der Waals surface area contributed by atoms with Crippen molar-refractivity contribution in [2.24, 2.45) is 24.8 Å². The highest BCUT2D eigenvalue weighted by atomic mass is 35.5. The van der Waals surface area contributed by atoms with E-state index in [1.165, 1.54) is 26.3 Å². The molecule has 0 unspecified atom stereocenters. The summed E-state index contributed by atoms with van der Waals surface area (Å²) >= 11 is 5.91. The molecule has 0 spiro atoms. The highest BCUT2D eigenvalue weighted by Crippen LogP contribution is 2.57. The van der Waals surface area contributed by atoms with Crippen molar-refractivity contribution in [3.63, 3.8) is 0 Å². The average Bonchev–Trinajstić information content (AvgIpc) is 2.79. The van der Waals surface area contributed by atoms with E-state index in [9.17, 15) is 18.0 Å². The molecule has 0 N–H and O–H groups in total. The Bertz CT molecular complexity index is 692. The zero-order valence-electron chi connectivity index (χ0n) is 14.2. The van der Waals surface area contributed by atoms with Crippen LogP contribution in [0.25, 0.3) is 0 Å². The lowest BCUT2D eigenvalue weighted by molar-refractivity contribution is -0.141. The van der Waals surface area contributed by atoms with Crippen LogP contribution in [0.5, 0.6) is 0 Å². The number of hydrogen-bond acceptors (Lipinski definition) is 2. The van der Waals surface area contributed by atoms with Gasteiger partial charge in [-0.2, -0.15) is 18.3 Å². The normalized spacial score (nSPS) is 33.8. The number of amides is 1. The van der Waals surface area contributed by atoms with E-state index in [4.69, 9.17) is 11.6 Å². The number of halogens is 4. The van der Waals surface area contributed by atoms with Crippen molar-refractivity contribution in [2.45, 2.75) is 50.2 Å². The van der Waals surface area contributed by atoms with Crippen molar-refractivity contribution in [1.82, 2.24) is 14.7 Å². The molecule has 1 amide bonds. The summed E-state index contributed by atoms with van der Waals surface area (Å²) in [7, 11) is 3.05. The Kier molecular flexibility index (Phi) is 3.70. The minimum atomic E-state index is -4.67. The number of aryl methyl sites for hydroxylation is 1. The quantitative estimate of drug-likeness (QED) is 0.779. The topological polar surface area (TPSA) is 38.1 Å². The van der Waals surface area contributed by atoms with Gasteiger partial charge in [-0.15, -0.1) is 0 Å². The van der Waals surface area contributed by atoms with Crippen LogP contribution in [0, 0.1) is 17.8 Å². The molecule has 0 aliphatic heterocycles. The van der Waals surface area contributed by atoms with Gasteiger partial charge >= 0.3 is 6.18 Å². The van der Waals surface area contributed by atoms with Crippen LogP contribution in [0.15, 0.2) is 0 Å². The summed E-state index contributed by atoms with van der Waals surface area (Å²) in [5, 5.41) is 2.84. The van der Waals surface area contributed by atoms with Gasteiger partial charge in [-0.1, -0.05) is 11.6 Å². The summed E-state index contributed by atoms with van der Waals surface area (Å²) in [5.74, 6) is 1.44. The van der Waals surface area contributed by atoms with Gasteiger partial charge in [0.1, 0.15) is 10.7 Å². The second-order valence-corrected chi connectivity index (χ2v) is 8.52. The van der Waals surface area contributed by atoms with Crippen LogP contribution in [-0.2, 0) is 13.2 Å². The maximum Gasteiger partial charge on any atom is 0.436 e. The first-order valence-corrected chi connectivity index (χ1v) is 9.06. The molecule has 4 fully saturated rings. The Labute approximate surface area is 149 Å². The molecule has 138 valence electrons. The van der Waals surface area contributed by atoms with Crippen molar-refractivity contribution in [2.75, 3.05) is 7.05 Å². The van der Waals surface area contributed by atoms with E-state index in [1.54, 1.807) is 11.9 Å². The fourth-order valence-electron chi connectivity index (χ4n) is 5.76. The van der Waals surface area contributed by atoms with Crippen molar-refractivity contribution in [1.29, 1.82) is 0 Å². The van der Waals surface area contributed by atoms with Crippen LogP contribution in [0.2, 0.25) is 5.02 Å². The molecule has 4 aliphatic carbocycles. The standard InChI is InChI=1S/C17H21ClF3N3O/c1-23(16-6-9-3-10(7-16)5-11(4-9)8-16)15(25)13-12(18)14(17(19,20)21)22-24(13)2/h9-11H,3-8H2,1-2H3. The Balaban J connectivity index is 1.67. The van der Waals surface area contributed by atoms with Gasteiger partial charge in [-0.05, 0) is 56.3 Å². The number of hydrogen-bond donors (Lipinski definition) is 0. The predicted octanol–water partition coefficient (Wildman–Crippen LogP) is 4.13. The second-order valence-electron chi connectivity index (χ2n) is 8.14. The Morgan fingerprint density at radius 3 is 2.08 bits per heavy atom. The Morgan fingerprint density at radius 2 is 1.68 bits per heavy atom. The second kappa shape index (κ2) is 5.38. The zero-order chi connectivity index (χ0) is 18.1. The summed E-state index contributed by atoms with van der Waals surface area (Å²) in [6, 6.07) is 0. The molecule has 25 heavy (non-hydrogen) atoms.